The summed E-state index contributed by atoms with van der Waals surface area (Å²) in [6.07, 6.45) is 0. The summed E-state index contributed by atoms with van der Waals surface area (Å²) in [6, 6.07) is 9.22. The van der Waals surface area contributed by atoms with Crippen molar-refractivity contribution < 1.29 is 9.63 Å². The van der Waals surface area contributed by atoms with E-state index in [2.05, 4.69) is 16.4 Å². The Kier molecular flexibility index (Phi) is 3.51. The van der Waals surface area contributed by atoms with Crippen LogP contribution in [0.5, 0.6) is 0 Å². The molecule has 1 rings (SSSR count). The minimum Gasteiger partial charge on any atom is -0.239 e. The van der Waals surface area contributed by atoms with E-state index in [9.17, 15) is 4.79 Å². The van der Waals surface area contributed by atoms with Crippen molar-refractivity contribution in [2.75, 3.05) is 0 Å². The second-order valence-electron chi connectivity index (χ2n) is 2.55. The zero-order chi connectivity index (χ0) is 10.4. The zero-order valence-electron chi connectivity index (χ0n) is 7.43. The second-order valence-corrected chi connectivity index (χ2v) is 2.55. The summed E-state index contributed by atoms with van der Waals surface area (Å²) in [7, 11) is 1.56. The van der Waals surface area contributed by atoms with Crippen LogP contribution in [0.3, 0.4) is 0 Å². The predicted octanol–water partition coefficient (Wildman–Crippen LogP) is 0.907. The largest absolute Gasteiger partial charge is 0.412 e. The number of carbonyl (C=O) groups is 1. The van der Waals surface area contributed by atoms with Crippen LogP contribution < -0.4 is 5.46 Å². The first-order valence-electron chi connectivity index (χ1n) is 3.91. The normalized spacial score (nSPS) is 8.50. The highest BCUT2D eigenvalue weighted by atomic mass is 16.7. The number of hydrogen-bond acceptors (Lipinski definition) is 2. The molecule has 0 aliphatic rings. The Morgan fingerprint density at radius 3 is 2.64 bits per heavy atom. The van der Waals surface area contributed by atoms with Gasteiger partial charge in [-0.25, -0.2) is 4.79 Å². The van der Waals surface area contributed by atoms with Gasteiger partial charge in [-0.1, -0.05) is 42.4 Å². The molecule has 3 nitrogen and oxygen atoms in total. The fourth-order valence-corrected chi connectivity index (χ4v) is 0.909. The highest BCUT2D eigenvalue weighted by Gasteiger charge is 2.13. The van der Waals surface area contributed by atoms with Gasteiger partial charge in [-0.2, -0.15) is 6.57 Å². The van der Waals surface area contributed by atoms with E-state index in [0.29, 0.717) is 0 Å². The molecule has 0 atom stereocenters. The molecule has 1 aromatic carbocycles. The average Bonchev–Trinajstić information content (AvgIpc) is 2.19. The first-order valence-corrected chi connectivity index (χ1v) is 3.91. The van der Waals surface area contributed by atoms with Crippen LogP contribution in [0.4, 0.5) is 0 Å². The van der Waals surface area contributed by atoms with E-state index in [1.54, 1.807) is 7.28 Å². The van der Waals surface area contributed by atoms with Crippen LogP contribution in [-0.2, 0) is 9.63 Å². The molecule has 0 N–H and O–H groups in total. The maximum absolute atomic E-state index is 11.0. The Morgan fingerprint density at radius 2 is 2.07 bits per heavy atom. The molecule has 1 radical (unpaired) electrons. The lowest BCUT2D eigenvalue weighted by molar-refractivity contribution is -0.133. The molecule has 0 aliphatic heterocycles. The molecule has 0 aromatic heterocycles. The minimum absolute atomic E-state index is 0.159. The Bertz CT molecular complexity index is 381. The molecule has 0 spiro atoms. The van der Waals surface area contributed by atoms with Gasteiger partial charge in [0.15, 0.2) is 0 Å². The van der Waals surface area contributed by atoms with Crippen LogP contribution in [0, 0.1) is 6.57 Å². The quantitative estimate of drug-likeness (QED) is 0.302. The van der Waals surface area contributed by atoms with Crippen molar-refractivity contribution in [2.45, 2.75) is 0 Å². The molecule has 0 fully saturated rings. The van der Waals surface area contributed by atoms with Crippen LogP contribution >= 0.6 is 0 Å². The number of carbonyl (C=O) groups excluding carboxylic acids is 1. The summed E-state index contributed by atoms with van der Waals surface area (Å²) in [5.41, 5.74) is 1.01. The number of nitrogens with zero attached hydrogens (tertiary/aromatic N) is 1. The zero-order valence-corrected chi connectivity index (χ0v) is 7.43. The van der Waals surface area contributed by atoms with Crippen LogP contribution in [-0.4, -0.2) is 13.2 Å². The molecular weight excluding hydrogens is 177 g/mol. The van der Waals surface area contributed by atoms with Gasteiger partial charge in [0.25, 0.3) is 0 Å². The fourth-order valence-electron chi connectivity index (χ4n) is 0.909. The van der Waals surface area contributed by atoms with E-state index in [4.69, 9.17) is 6.57 Å². The third-order valence-corrected chi connectivity index (χ3v) is 1.53. The van der Waals surface area contributed by atoms with Crippen molar-refractivity contribution in [2.24, 2.45) is 0 Å². The van der Waals surface area contributed by atoms with E-state index < -0.39 is 5.97 Å². The minimum atomic E-state index is -0.719. The van der Waals surface area contributed by atoms with Gasteiger partial charge in [0.1, 0.15) is 0 Å². The average molecular weight is 184 g/mol. The Morgan fingerprint density at radius 1 is 1.43 bits per heavy atom. The molecule has 0 aliphatic carbocycles. The molecule has 1 aromatic rings. The monoisotopic (exact) mass is 184 g/mol. The standard InChI is InChI=1S/C10H7BNO2/c1-8(10(13)14-12-2)11-9-6-4-3-5-7-9/h3-7H,1H2. The van der Waals surface area contributed by atoms with Gasteiger partial charge in [-0.3, -0.25) is 0 Å². The highest BCUT2D eigenvalue weighted by molar-refractivity contribution is 6.66. The third-order valence-electron chi connectivity index (χ3n) is 1.53. The maximum Gasteiger partial charge on any atom is 0.412 e. The molecular formula is C10H7BNO2. The first-order chi connectivity index (χ1) is 6.74. The van der Waals surface area contributed by atoms with Gasteiger partial charge in [0.2, 0.25) is 7.28 Å². The summed E-state index contributed by atoms with van der Waals surface area (Å²) in [5, 5.41) is 2.52. The van der Waals surface area contributed by atoms with Crippen molar-refractivity contribution in [1.82, 2.24) is 0 Å². The molecule has 0 saturated carbocycles. The molecule has 0 saturated heterocycles. The smallest absolute Gasteiger partial charge is 0.239 e. The van der Waals surface area contributed by atoms with Crippen molar-refractivity contribution in [3.63, 3.8) is 0 Å². The number of rotatable bonds is 3. The third kappa shape index (κ3) is 2.79. The molecule has 14 heavy (non-hydrogen) atoms. The second kappa shape index (κ2) is 4.88. The Balaban J connectivity index is 2.59. The Hall–Kier alpha value is -2.02. The van der Waals surface area contributed by atoms with E-state index in [1.807, 2.05) is 30.3 Å². The summed E-state index contributed by atoms with van der Waals surface area (Å²) in [5.74, 6) is -0.719. The molecule has 67 valence electrons. The molecule has 0 amide bonds. The van der Waals surface area contributed by atoms with E-state index in [1.165, 1.54) is 0 Å². The van der Waals surface area contributed by atoms with Gasteiger partial charge in [-0.15, -0.1) is 4.84 Å². The lowest BCUT2D eigenvalue weighted by Gasteiger charge is -1.97. The van der Waals surface area contributed by atoms with Gasteiger partial charge in [0.05, 0.1) is 0 Å². The van der Waals surface area contributed by atoms with E-state index >= 15 is 0 Å². The summed E-state index contributed by atoms with van der Waals surface area (Å²) >= 11 is 0. The fraction of sp³-hybridized carbons (Fsp3) is 0. The SMILES string of the molecule is [C-]#[N+]OC(=O)C(=C)[B]c1ccccc1. The van der Waals surface area contributed by atoms with Crippen molar-refractivity contribution >= 4 is 18.7 Å². The van der Waals surface area contributed by atoms with Gasteiger partial charge in [-0.05, 0) is 5.01 Å². The lowest BCUT2D eigenvalue weighted by Crippen LogP contribution is -2.20. The topological polar surface area (TPSA) is 30.7 Å². The molecule has 0 unspecified atom stereocenters. The predicted molar refractivity (Wildman–Crippen MR) is 53.7 cm³/mol. The van der Waals surface area contributed by atoms with Gasteiger partial charge < -0.3 is 0 Å². The Labute approximate surface area is 83.0 Å². The lowest BCUT2D eigenvalue weighted by atomic mass is 9.64. The van der Waals surface area contributed by atoms with Crippen LogP contribution in [0.15, 0.2) is 42.4 Å². The number of benzene rings is 1. The highest BCUT2D eigenvalue weighted by Crippen LogP contribution is 1.94. The van der Waals surface area contributed by atoms with Crippen molar-refractivity contribution in [3.8, 4) is 0 Å². The summed E-state index contributed by atoms with van der Waals surface area (Å²) in [6.45, 7) is 9.83. The van der Waals surface area contributed by atoms with Crippen LogP contribution in [0.2, 0.25) is 0 Å². The maximum atomic E-state index is 11.0. The van der Waals surface area contributed by atoms with Crippen LogP contribution in [0.1, 0.15) is 0 Å². The molecule has 0 heterocycles. The molecule has 0 bridgehead atoms. The summed E-state index contributed by atoms with van der Waals surface area (Å²) < 4.78 is 0. The van der Waals surface area contributed by atoms with Gasteiger partial charge in [0, 0.05) is 5.47 Å². The number of hydrogen-bond donors (Lipinski definition) is 0. The van der Waals surface area contributed by atoms with Crippen molar-refractivity contribution in [3.05, 3.63) is 54.0 Å². The van der Waals surface area contributed by atoms with Gasteiger partial charge >= 0.3 is 5.97 Å². The van der Waals surface area contributed by atoms with Crippen molar-refractivity contribution in [1.29, 1.82) is 0 Å². The first kappa shape index (κ1) is 10.1. The van der Waals surface area contributed by atoms with E-state index in [0.717, 1.165) is 5.46 Å². The van der Waals surface area contributed by atoms with Crippen LogP contribution in [0.25, 0.3) is 5.01 Å². The summed E-state index contributed by atoms with van der Waals surface area (Å²) in [4.78, 5) is 15.1. The van der Waals surface area contributed by atoms with E-state index in [-0.39, 0.29) is 5.47 Å². The molecule has 4 heteroatoms.